The number of nitrogen functional groups attached to an aromatic ring is 3. The number of rotatable bonds is 25. The van der Waals surface area contributed by atoms with E-state index in [0.717, 1.165) is 68.0 Å². The third kappa shape index (κ3) is 23.8. The van der Waals surface area contributed by atoms with Crippen molar-refractivity contribution in [1.82, 2.24) is 63.7 Å². The van der Waals surface area contributed by atoms with E-state index in [1.54, 1.807) is 48.5 Å². The van der Waals surface area contributed by atoms with Gasteiger partial charge in [-0.25, -0.2) is 85.0 Å². The first-order valence-corrected chi connectivity index (χ1v) is 54.0. The number of anilines is 7. The molecule has 2 aromatic carbocycles. The molecule has 4 saturated heterocycles. The first-order chi connectivity index (χ1) is 70.4. The van der Waals surface area contributed by atoms with Gasteiger partial charge < -0.3 is 51.4 Å². The van der Waals surface area contributed by atoms with Crippen LogP contribution in [-0.2, 0) is 40.1 Å². The lowest BCUT2D eigenvalue weighted by molar-refractivity contribution is 0.0972. The topological polar surface area (TPSA) is 499 Å². The van der Waals surface area contributed by atoms with Gasteiger partial charge in [0, 0.05) is 109 Å². The molecule has 17 rings (SSSR count). The maximum absolute atomic E-state index is 13.9. The van der Waals surface area contributed by atoms with Gasteiger partial charge in [-0.1, -0.05) is 91.7 Å². The molecule has 6 aliphatic rings. The molecule has 1 saturated carbocycles. The van der Waals surface area contributed by atoms with Gasteiger partial charge in [0.15, 0.2) is 10.1 Å². The number of nitrogens with one attached hydrogen (secondary N) is 4. The monoisotopic (exact) mass is 2070 g/mol. The zero-order valence-electron chi connectivity index (χ0n) is 89.8. The molecular weight excluding hydrogens is 1940 g/mol. The van der Waals surface area contributed by atoms with Crippen molar-refractivity contribution in [1.29, 1.82) is 0 Å². The highest BCUT2D eigenvalue weighted by Gasteiger charge is 2.58. The number of phenols is 1. The van der Waals surface area contributed by atoms with Gasteiger partial charge in [-0.2, -0.15) is 16.8 Å². The number of nitrogens with zero attached hydrogens (tertiary/aromatic N) is 13. The summed E-state index contributed by atoms with van der Waals surface area (Å²) in [6, 6.07) is 40.6. The molecule has 3 unspecified atom stereocenters. The van der Waals surface area contributed by atoms with Gasteiger partial charge >= 0.3 is 0 Å². The predicted molar refractivity (Wildman–Crippen MR) is 561 cm³/mol. The summed E-state index contributed by atoms with van der Waals surface area (Å²) in [7, 11) is -17.0. The molecule has 40 heteroatoms. The van der Waals surface area contributed by atoms with Gasteiger partial charge in [0.05, 0.1) is 62.6 Å². The fraction of sp³-hybridized carbons (Fsp3) is 0.406. The van der Waals surface area contributed by atoms with E-state index in [0.29, 0.717) is 94.2 Å². The van der Waals surface area contributed by atoms with E-state index in [-0.39, 0.29) is 113 Å². The second kappa shape index (κ2) is 42.3. The van der Waals surface area contributed by atoms with Crippen molar-refractivity contribution in [2.24, 2.45) is 40.4 Å². The molecule has 4 aliphatic heterocycles. The molecule has 2 aliphatic carbocycles. The lowest BCUT2D eigenvalue weighted by Crippen LogP contribution is -2.41. The van der Waals surface area contributed by atoms with Crippen LogP contribution in [0.15, 0.2) is 208 Å². The Labute approximate surface area is 860 Å². The highest BCUT2D eigenvalue weighted by atomic mass is 32.2. The zero-order chi connectivity index (χ0) is 111. The van der Waals surface area contributed by atoms with E-state index < -0.39 is 99.1 Å². The summed E-state index contributed by atoms with van der Waals surface area (Å²) in [6.07, 6.45) is 10.6. The van der Waals surface area contributed by atoms with Crippen molar-refractivity contribution in [3.8, 4) is 51.3 Å². The molecule has 4 amide bonds. The Hall–Kier alpha value is -13.9. The number of fused-ring (bicyclic) bond motifs is 2. The number of phenolic OH excluding ortho intramolecular Hbond substituents is 1. The van der Waals surface area contributed by atoms with Gasteiger partial charge in [-0.3, -0.25) is 19.2 Å². The van der Waals surface area contributed by atoms with Crippen LogP contribution in [0.4, 0.5) is 45.1 Å². The summed E-state index contributed by atoms with van der Waals surface area (Å²) in [4.78, 5) is 100. The second-order valence-corrected chi connectivity index (χ2v) is 47.7. The Morgan fingerprint density at radius 3 is 1.52 bits per heavy atom. The van der Waals surface area contributed by atoms with Gasteiger partial charge in [-0.15, -0.1) is 0 Å². The number of aromatic hydroxyl groups is 1. The first-order valence-electron chi connectivity index (χ1n) is 50.5. The van der Waals surface area contributed by atoms with E-state index >= 15 is 0 Å². The van der Waals surface area contributed by atoms with Gasteiger partial charge in [0.2, 0.25) is 11.8 Å². The number of halogens is 1. The van der Waals surface area contributed by atoms with Crippen molar-refractivity contribution in [2.45, 2.75) is 231 Å². The van der Waals surface area contributed by atoms with Crippen LogP contribution in [0.25, 0.3) is 39.3 Å². The summed E-state index contributed by atoms with van der Waals surface area (Å²) in [6.45, 7) is 35.4. The van der Waals surface area contributed by atoms with Gasteiger partial charge in [-0.05, 0) is 288 Å². The number of hydrogen-bond acceptors (Lipinski definition) is 31. The highest BCUT2D eigenvalue weighted by Crippen LogP contribution is 2.67. The number of carbonyl (C=O) groups is 4. The quantitative estimate of drug-likeness (QED) is 0.0263. The van der Waals surface area contributed by atoms with Crippen LogP contribution in [0, 0.1) is 53.2 Å². The normalized spacial score (nSPS) is 21.0. The second-order valence-electron chi connectivity index (χ2n) is 41.1. The molecular formula is C106H129FN20O15S4. The van der Waals surface area contributed by atoms with Crippen LogP contribution in [0.1, 0.15) is 229 Å². The fourth-order valence-corrected chi connectivity index (χ4v) is 23.8. The summed E-state index contributed by atoms with van der Waals surface area (Å²) < 4.78 is 179. The van der Waals surface area contributed by atoms with Crippen molar-refractivity contribution in [3.63, 3.8) is 0 Å². The van der Waals surface area contributed by atoms with Crippen molar-refractivity contribution in [3.05, 3.63) is 228 Å². The van der Waals surface area contributed by atoms with Crippen molar-refractivity contribution < 1.29 is 78.7 Å². The number of sulfonamides is 4. The number of allylic oxidation sites excluding steroid dienone is 2. The summed E-state index contributed by atoms with van der Waals surface area (Å²) in [5.41, 5.74) is 21.1. The average molecular weight is 2080 g/mol. The first kappa shape index (κ1) is 101. The molecule has 13 heterocycles. The lowest BCUT2D eigenvalue weighted by Gasteiger charge is -2.38. The Morgan fingerprint density at radius 1 is 0.514 bits per heavy atom. The maximum Gasteiger partial charge on any atom is 0.281 e. The standard InChI is InChI=1S/C28H37N5O3S.C27H34N6O4S.C26H32N6O4S.C25H26FN3O4S/c1-17-14-26(2,3)33(16-17)24-20(25(34)32-37(35,36)23-9-7-8-22(29)31-23)12-18(15-30-24)21-13-19-10-11-28(21,6)27(19,4)5;1-16(2)15-37-24-14-12-20(19(5)29-24)22-13-11-21(26(30-22)33-17(3)9-10-18(33)4)27(34)32-38(35,36)25-8-6-7-23(28)31-25;1-16(2)36-22-11-8-18(14-29-22)20-10-9-19(24(30-20)32-15-17(3)13-26(32,4)5)25(33)31-37(34,35)21-7-6-12-28-23(21)27;1-16-14-25(2,3)29(15-16)23-21(24(31)28-34(32,33)20-7-5-4-6-8-20)9-10-22(27-23)17-11-18(26)13-19(30)12-17/h7-9,12-13,15,17,19H,10-11,14,16H2,1-6H3,(H2,29,31)(H,32,34);6-8,11-14,16-18H,9-10,15H2,1-5H3,(H2,28,31)(H,32,34);6-12,14,16-17H,13,15H2,1-5H3,(H2,27,28)(H,31,33);4-13,16,30H,14-15H2,1-3H3,(H,28,31)/t;17-,18+;17-;16-/m..00/s1/i;;3D3,13D2;. The predicted octanol–water partition coefficient (Wildman–Crippen LogP) is 16.6. The van der Waals surface area contributed by atoms with Crippen LogP contribution in [0.2, 0.25) is 0 Å². The van der Waals surface area contributed by atoms with Gasteiger partial charge in [0.25, 0.3) is 63.7 Å². The molecule has 5 fully saturated rings. The molecule has 2 bridgehead atoms. The Balaban J connectivity index is 0.000000159. The summed E-state index contributed by atoms with van der Waals surface area (Å²) in [5.74, 6) is -2.24. The molecule has 0 spiro atoms. The number of aromatic nitrogens is 9. The molecule has 11 aromatic rings. The molecule has 9 aromatic heterocycles. The minimum absolute atomic E-state index is 0.0279. The number of nitrogens with two attached hydrogens (primary N) is 3. The van der Waals surface area contributed by atoms with E-state index in [2.05, 4.69) is 141 Å². The van der Waals surface area contributed by atoms with Crippen LogP contribution in [0.3, 0.4) is 0 Å². The molecule has 0 radical (unpaired) electrons. The SMILES string of the molecule is CC1CN(c2ncc(C3=CC4CCC3(C)C4(C)C)cc2C(=O)NS(=O)(=O)c2cccc(N)n2)C(C)(C)C1.C[C@@H]1CN(c2nc(-c3cc(O)cc(F)c3)ccc2C(=O)NS(=O)(=O)c2ccccc2)C(C)(C)C1.Cc1nc(OCC(C)C)ccc1-c1ccc(C(=O)NS(=O)(=O)c2cccc(N)n2)c(N2[C@H](C)CC[C@@H]2C)n1.[2H]C([2H])([2H])[C@@H]1CN(c2nc(-c3ccc(OC(C)C)nc3)ccc2C(=O)NS(=O)(=O)c2cccnc2N)C(C)(C)C1([2H])[2H]. The smallest absolute Gasteiger partial charge is 0.281 e. The van der Waals surface area contributed by atoms with Crippen LogP contribution in [0.5, 0.6) is 17.5 Å². The zero-order valence-corrected chi connectivity index (χ0v) is 88.1. The third-order valence-corrected chi connectivity index (χ3v) is 32.5. The third-order valence-electron chi connectivity index (χ3n) is 27.3. The van der Waals surface area contributed by atoms with Crippen molar-refractivity contribution in [2.75, 3.05) is 63.0 Å². The number of benzene rings is 2. The molecule has 11 N–H and O–H groups in total. The molecule has 7 atom stereocenters. The lowest BCUT2D eigenvalue weighted by atomic mass is 9.66. The summed E-state index contributed by atoms with van der Waals surface area (Å²) in [5, 5.41) is 9.19. The molecule has 774 valence electrons. The minimum Gasteiger partial charge on any atom is -0.508 e. The molecule has 146 heavy (non-hydrogen) atoms. The van der Waals surface area contributed by atoms with Crippen molar-refractivity contribution >= 4 is 110 Å². The van der Waals surface area contributed by atoms with Crippen LogP contribution in [-0.4, -0.2) is 168 Å². The van der Waals surface area contributed by atoms with Crippen LogP contribution >= 0.6 is 0 Å². The Bertz CT molecular complexity index is 7540. The largest absolute Gasteiger partial charge is 0.508 e. The average Bonchev–Trinajstić information content (AvgIpc) is 1.55. The van der Waals surface area contributed by atoms with E-state index in [1.165, 1.54) is 134 Å². The number of pyridine rings is 9. The number of amides is 4. The number of ether oxygens (including phenoxy) is 2. The number of aryl methyl sites for hydroxylation is 1. The van der Waals surface area contributed by atoms with E-state index in [1.807, 2.05) is 62.6 Å². The molecule has 35 nitrogen and oxygen atoms in total. The van der Waals surface area contributed by atoms with Crippen LogP contribution < -0.4 is 65.2 Å². The van der Waals surface area contributed by atoms with Gasteiger partial charge in [0.1, 0.15) is 57.2 Å². The minimum atomic E-state index is -4.46. The number of hydrogen-bond donors (Lipinski definition) is 8. The Morgan fingerprint density at radius 2 is 1.03 bits per heavy atom. The van der Waals surface area contributed by atoms with E-state index in [4.69, 9.17) is 43.5 Å². The fourth-order valence-electron chi connectivity index (χ4n) is 19.9. The van der Waals surface area contributed by atoms with E-state index in [9.17, 15) is 62.3 Å². The Kier molecular flexibility index (Phi) is 29.2. The summed E-state index contributed by atoms with van der Waals surface area (Å²) >= 11 is 0. The number of carbonyl (C=O) groups excluding carboxylic acids is 4. The highest BCUT2D eigenvalue weighted by molar-refractivity contribution is 7.91. The maximum atomic E-state index is 13.9.